The topological polar surface area (TPSA) is 67.3 Å². The van der Waals surface area contributed by atoms with Gasteiger partial charge < -0.3 is 15.0 Å². The van der Waals surface area contributed by atoms with Gasteiger partial charge in [0.25, 0.3) is 5.91 Å². The third-order valence-electron chi connectivity index (χ3n) is 7.20. The zero-order chi connectivity index (χ0) is 26.8. The number of benzene rings is 2. The van der Waals surface area contributed by atoms with Gasteiger partial charge in [-0.25, -0.2) is 18.7 Å². The standard InChI is InChI=1S/C28H27ClF2N4O2S.2ClH/c1-32-19-4-6-20(7-5-19)35(28(36)27-25(29)24-21(30)8-9-22(31)26(24)38-27)14-17-11-16(3-10-23(17)37-2)18-12-33-15-34-13-18;;/h3,8-13,15,19-20,32H,4-7,14H2,1-2H3;2*1H. The van der Waals surface area contributed by atoms with Gasteiger partial charge in [0.2, 0.25) is 0 Å². The average Bonchev–Trinajstić information content (AvgIpc) is 3.32. The lowest BCUT2D eigenvalue weighted by atomic mass is 9.89. The van der Waals surface area contributed by atoms with Crippen LogP contribution in [-0.4, -0.2) is 47.0 Å². The number of hydrogen-bond donors (Lipinski definition) is 1. The number of fused-ring (bicyclic) bond motifs is 1. The first-order chi connectivity index (χ1) is 18.4. The molecular formula is C28H29Cl3F2N4O2S. The lowest BCUT2D eigenvalue weighted by Gasteiger charge is -2.37. The third kappa shape index (κ3) is 6.34. The van der Waals surface area contributed by atoms with Gasteiger partial charge in [0, 0.05) is 42.1 Å². The molecule has 0 unspecified atom stereocenters. The SMILES string of the molecule is CNC1CCC(N(Cc2cc(-c3cncnc3)ccc2OC)C(=O)c2sc3c(F)ccc(F)c3c2Cl)CC1.Cl.Cl. The minimum Gasteiger partial charge on any atom is -0.496 e. The lowest BCUT2D eigenvalue weighted by Crippen LogP contribution is -2.44. The van der Waals surface area contributed by atoms with Crippen molar-refractivity contribution in [3.63, 3.8) is 0 Å². The van der Waals surface area contributed by atoms with E-state index in [0.717, 1.165) is 65.8 Å². The molecule has 5 rings (SSSR count). The lowest BCUT2D eigenvalue weighted by molar-refractivity contribution is 0.0604. The van der Waals surface area contributed by atoms with Crippen LogP contribution in [0.5, 0.6) is 5.75 Å². The highest BCUT2D eigenvalue weighted by atomic mass is 35.5. The molecule has 0 atom stereocenters. The van der Waals surface area contributed by atoms with Crippen molar-refractivity contribution in [2.75, 3.05) is 14.2 Å². The highest BCUT2D eigenvalue weighted by Crippen LogP contribution is 2.40. The molecule has 6 nitrogen and oxygen atoms in total. The van der Waals surface area contributed by atoms with Gasteiger partial charge in [-0.1, -0.05) is 17.7 Å². The summed E-state index contributed by atoms with van der Waals surface area (Å²) in [5.74, 6) is -0.972. The van der Waals surface area contributed by atoms with Gasteiger partial charge in [0.05, 0.1) is 22.2 Å². The number of thiophene rings is 1. The van der Waals surface area contributed by atoms with Crippen LogP contribution in [0.1, 0.15) is 40.9 Å². The first-order valence-corrected chi connectivity index (χ1v) is 13.6. The molecule has 1 fully saturated rings. The number of carbonyl (C=O) groups excluding carboxylic acids is 1. The second-order valence-electron chi connectivity index (χ2n) is 9.36. The minimum absolute atomic E-state index is 0. The first-order valence-electron chi connectivity index (χ1n) is 12.4. The molecule has 1 saturated carbocycles. The largest absolute Gasteiger partial charge is 0.496 e. The van der Waals surface area contributed by atoms with E-state index < -0.39 is 11.6 Å². The molecule has 0 saturated heterocycles. The zero-order valence-corrected chi connectivity index (χ0v) is 25.0. The van der Waals surface area contributed by atoms with Crippen LogP contribution >= 0.6 is 47.8 Å². The molecule has 2 heterocycles. The number of halogens is 5. The van der Waals surface area contributed by atoms with E-state index in [2.05, 4.69) is 15.3 Å². The zero-order valence-electron chi connectivity index (χ0n) is 21.8. The number of amides is 1. The molecule has 1 aliphatic rings. The van der Waals surface area contributed by atoms with E-state index >= 15 is 0 Å². The summed E-state index contributed by atoms with van der Waals surface area (Å²) >= 11 is 7.42. The van der Waals surface area contributed by atoms with Crippen LogP contribution in [0, 0.1) is 11.6 Å². The van der Waals surface area contributed by atoms with Gasteiger partial charge in [0.15, 0.2) is 0 Å². The molecule has 1 N–H and O–H groups in total. The predicted molar refractivity (Wildman–Crippen MR) is 160 cm³/mol. The normalized spacial score (nSPS) is 16.6. The summed E-state index contributed by atoms with van der Waals surface area (Å²) in [6.07, 6.45) is 8.31. The van der Waals surface area contributed by atoms with Crippen molar-refractivity contribution in [2.45, 2.75) is 44.3 Å². The molecule has 4 aromatic rings. The maximum atomic E-state index is 14.6. The fourth-order valence-corrected chi connectivity index (χ4v) is 6.63. The van der Waals surface area contributed by atoms with Crippen LogP contribution < -0.4 is 10.1 Å². The monoisotopic (exact) mass is 628 g/mol. The van der Waals surface area contributed by atoms with Gasteiger partial charge in [0.1, 0.15) is 28.6 Å². The average molecular weight is 630 g/mol. The van der Waals surface area contributed by atoms with Crippen LogP contribution in [0.3, 0.4) is 0 Å². The molecular weight excluding hydrogens is 601 g/mol. The van der Waals surface area contributed by atoms with Crippen molar-refractivity contribution in [3.8, 4) is 16.9 Å². The maximum absolute atomic E-state index is 14.6. The Bertz CT molecular complexity index is 1470. The summed E-state index contributed by atoms with van der Waals surface area (Å²) in [5.41, 5.74) is 2.52. The van der Waals surface area contributed by atoms with Crippen LogP contribution in [0.2, 0.25) is 5.02 Å². The molecule has 2 aromatic carbocycles. The second-order valence-corrected chi connectivity index (χ2v) is 10.8. The Labute approximate surface area is 252 Å². The number of nitrogens with one attached hydrogen (secondary N) is 1. The van der Waals surface area contributed by atoms with Crippen molar-refractivity contribution >= 4 is 63.7 Å². The number of hydrogen-bond acceptors (Lipinski definition) is 6. The summed E-state index contributed by atoms with van der Waals surface area (Å²) in [6, 6.07) is 8.13. The molecule has 40 heavy (non-hydrogen) atoms. The van der Waals surface area contributed by atoms with Gasteiger partial charge >= 0.3 is 0 Å². The van der Waals surface area contributed by atoms with Crippen molar-refractivity contribution in [1.82, 2.24) is 20.2 Å². The molecule has 0 radical (unpaired) electrons. The van der Waals surface area contributed by atoms with E-state index in [0.29, 0.717) is 11.8 Å². The fourth-order valence-electron chi connectivity index (χ4n) is 5.12. The van der Waals surface area contributed by atoms with E-state index in [1.165, 1.54) is 6.33 Å². The Kier molecular flexibility index (Phi) is 11.1. The molecule has 1 amide bonds. The van der Waals surface area contributed by atoms with Crippen molar-refractivity contribution in [2.24, 2.45) is 0 Å². The Hall–Kier alpha value is -2.56. The molecule has 0 aliphatic heterocycles. The van der Waals surface area contributed by atoms with Gasteiger partial charge in [-0.3, -0.25) is 4.79 Å². The van der Waals surface area contributed by atoms with E-state index in [4.69, 9.17) is 16.3 Å². The summed E-state index contributed by atoms with van der Waals surface area (Å²) in [5, 5.41) is 3.21. The Morgan fingerprint density at radius 1 is 1.07 bits per heavy atom. The van der Waals surface area contributed by atoms with Gasteiger partial charge in [-0.2, -0.15) is 0 Å². The molecule has 0 spiro atoms. The van der Waals surface area contributed by atoms with E-state index in [1.54, 1.807) is 24.4 Å². The number of carbonyl (C=O) groups is 1. The van der Waals surface area contributed by atoms with Gasteiger partial charge in [-0.15, -0.1) is 36.2 Å². The molecule has 214 valence electrons. The molecule has 1 aliphatic carbocycles. The summed E-state index contributed by atoms with van der Waals surface area (Å²) < 4.78 is 34.8. The van der Waals surface area contributed by atoms with E-state index in [9.17, 15) is 13.6 Å². The summed E-state index contributed by atoms with van der Waals surface area (Å²) in [6.45, 7) is 0.244. The molecule has 2 aromatic heterocycles. The Morgan fingerprint density at radius 2 is 1.75 bits per heavy atom. The predicted octanol–water partition coefficient (Wildman–Crippen LogP) is 7.32. The van der Waals surface area contributed by atoms with Crippen LogP contribution in [0.4, 0.5) is 8.78 Å². The Balaban J connectivity index is 0.00000220. The van der Waals surface area contributed by atoms with Crippen molar-refractivity contribution < 1.29 is 18.3 Å². The smallest absolute Gasteiger partial charge is 0.266 e. The maximum Gasteiger partial charge on any atom is 0.266 e. The highest BCUT2D eigenvalue weighted by Gasteiger charge is 2.33. The summed E-state index contributed by atoms with van der Waals surface area (Å²) in [4.78, 5) is 24.2. The van der Waals surface area contributed by atoms with Crippen molar-refractivity contribution in [1.29, 1.82) is 0 Å². The van der Waals surface area contributed by atoms with Crippen LogP contribution in [0.15, 0.2) is 49.1 Å². The number of methoxy groups -OCH3 is 1. The van der Waals surface area contributed by atoms with E-state index in [-0.39, 0.29) is 63.3 Å². The number of ether oxygens (including phenoxy) is 1. The van der Waals surface area contributed by atoms with Crippen LogP contribution in [0.25, 0.3) is 21.2 Å². The Morgan fingerprint density at radius 3 is 2.38 bits per heavy atom. The van der Waals surface area contributed by atoms with Gasteiger partial charge in [-0.05, 0) is 62.6 Å². The number of nitrogens with zero attached hydrogens (tertiary/aromatic N) is 3. The van der Waals surface area contributed by atoms with Crippen molar-refractivity contribution in [3.05, 3.63) is 76.2 Å². The minimum atomic E-state index is -0.651. The number of rotatable bonds is 7. The quantitative estimate of drug-likeness (QED) is 0.232. The highest BCUT2D eigenvalue weighted by molar-refractivity contribution is 7.21. The molecule has 12 heteroatoms. The van der Waals surface area contributed by atoms with E-state index in [1.807, 2.05) is 25.2 Å². The van der Waals surface area contributed by atoms with Crippen LogP contribution in [-0.2, 0) is 6.54 Å². The first kappa shape index (κ1) is 32.0. The fraction of sp³-hybridized carbons (Fsp3) is 0.321. The second kappa shape index (κ2) is 13.9. The number of aromatic nitrogens is 2. The molecule has 0 bridgehead atoms. The third-order valence-corrected chi connectivity index (χ3v) is 8.87. The summed E-state index contributed by atoms with van der Waals surface area (Å²) in [7, 11) is 3.53.